The first-order valence-electron chi connectivity index (χ1n) is 7.28. The number of nitrogens with zero attached hydrogens (tertiary/aromatic N) is 1. The third-order valence-corrected chi connectivity index (χ3v) is 3.97. The van der Waals surface area contributed by atoms with Crippen LogP contribution >= 0.6 is 0 Å². The van der Waals surface area contributed by atoms with Crippen LogP contribution in [0.3, 0.4) is 0 Å². The van der Waals surface area contributed by atoms with Crippen molar-refractivity contribution >= 4 is 5.69 Å². The second-order valence-electron chi connectivity index (χ2n) is 5.54. The van der Waals surface area contributed by atoms with Gasteiger partial charge in [-0.1, -0.05) is 35.9 Å². The first-order valence-corrected chi connectivity index (χ1v) is 7.28. The molecule has 2 aromatic rings. The fraction of sp³-hybridized carbons (Fsp3) is 0.333. The van der Waals surface area contributed by atoms with Gasteiger partial charge < -0.3 is 9.64 Å². The summed E-state index contributed by atoms with van der Waals surface area (Å²) >= 11 is 0. The quantitative estimate of drug-likeness (QED) is 0.835. The van der Waals surface area contributed by atoms with Gasteiger partial charge in [0.25, 0.3) is 0 Å². The molecule has 20 heavy (non-hydrogen) atoms. The molecule has 0 radical (unpaired) electrons. The van der Waals surface area contributed by atoms with Crippen LogP contribution in [0.5, 0.6) is 5.75 Å². The molecule has 1 aliphatic heterocycles. The molecule has 0 spiro atoms. The largest absolute Gasteiger partial charge is 0.492 e. The van der Waals surface area contributed by atoms with Gasteiger partial charge in [-0.25, -0.2) is 0 Å². The third-order valence-electron chi connectivity index (χ3n) is 3.97. The SMILES string of the molecule is Cc1ccc(OCCN2c3ccccc3CC2C)cc1. The molecule has 1 aliphatic rings. The molecule has 1 atom stereocenters. The Labute approximate surface area is 121 Å². The fourth-order valence-corrected chi connectivity index (χ4v) is 2.87. The lowest BCUT2D eigenvalue weighted by molar-refractivity contribution is 0.321. The summed E-state index contributed by atoms with van der Waals surface area (Å²) in [6, 6.07) is 17.5. The first kappa shape index (κ1) is 13.0. The van der Waals surface area contributed by atoms with Crippen LogP contribution in [0.1, 0.15) is 18.1 Å². The highest BCUT2D eigenvalue weighted by Crippen LogP contribution is 2.31. The van der Waals surface area contributed by atoms with E-state index in [-0.39, 0.29) is 0 Å². The van der Waals surface area contributed by atoms with Crippen LogP contribution in [-0.2, 0) is 6.42 Å². The van der Waals surface area contributed by atoms with Gasteiger partial charge in [0.05, 0.1) is 6.54 Å². The topological polar surface area (TPSA) is 12.5 Å². The molecule has 0 aromatic heterocycles. The van der Waals surface area contributed by atoms with Crippen LogP contribution in [0.15, 0.2) is 48.5 Å². The van der Waals surface area contributed by atoms with Crippen molar-refractivity contribution in [1.82, 2.24) is 0 Å². The summed E-state index contributed by atoms with van der Waals surface area (Å²) in [4.78, 5) is 2.45. The van der Waals surface area contributed by atoms with E-state index in [4.69, 9.17) is 4.74 Å². The van der Waals surface area contributed by atoms with Gasteiger partial charge >= 0.3 is 0 Å². The van der Waals surface area contributed by atoms with Gasteiger partial charge in [0.2, 0.25) is 0 Å². The summed E-state index contributed by atoms with van der Waals surface area (Å²) in [5.74, 6) is 0.954. The molecule has 0 bridgehead atoms. The molecule has 104 valence electrons. The number of benzene rings is 2. The second-order valence-corrected chi connectivity index (χ2v) is 5.54. The van der Waals surface area contributed by atoms with Crippen molar-refractivity contribution in [2.75, 3.05) is 18.1 Å². The maximum Gasteiger partial charge on any atom is 0.119 e. The number of anilines is 1. The molecular weight excluding hydrogens is 246 g/mol. The minimum Gasteiger partial charge on any atom is -0.492 e. The molecule has 2 nitrogen and oxygen atoms in total. The monoisotopic (exact) mass is 267 g/mol. The molecule has 2 aromatic carbocycles. The average Bonchev–Trinajstić information content (AvgIpc) is 2.77. The smallest absolute Gasteiger partial charge is 0.119 e. The Morgan fingerprint density at radius 2 is 1.85 bits per heavy atom. The summed E-state index contributed by atoms with van der Waals surface area (Å²) in [6.07, 6.45) is 1.14. The normalized spacial score (nSPS) is 17.1. The summed E-state index contributed by atoms with van der Waals surface area (Å²) in [7, 11) is 0. The minimum absolute atomic E-state index is 0.564. The van der Waals surface area contributed by atoms with E-state index >= 15 is 0 Å². The molecule has 3 rings (SSSR count). The highest BCUT2D eigenvalue weighted by atomic mass is 16.5. The van der Waals surface area contributed by atoms with E-state index in [2.05, 4.69) is 55.1 Å². The van der Waals surface area contributed by atoms with Crippen molar-refractivity contribution in [3.05, 3.63) is 59.7 Å². The highest BCUT2D eigenvalue weighted by Gasteiger charge is 2.24. The van der Waals surface area contributed by atoms with Crippen molar-refractivity contribution in [2.45, 2.75) is 26.3 Å². The van der Waals surface area contributed by atoms with E-state index in [1.165, 1.54) is 16.8 Å². The lowest BCUT2D eigenvalue weighted by Gasteiger charge is -2.24. The lowest BCUT2D eigenvalue weighted by atomic mass is 10.1. The molecule has 2 heteroatoms. The van der Waals surface area contributed by atoms with E-state index in [9.17, 15) is 0 Å². The van der Waals surface area contributed by atoms with Crippen LogP contribution in [0, 0.1) is 6.92 Å². The number of fused-ring (bicyclic) bond motifs is 1. The molecule has 0 aliphatic carbocycles. The van der Waals surface area contributed by atoms with Gasteiger partial charge in [0.15, 0.2) is 0 Å². The summed E-state index contributed by atoms with van der Waals surface area (Å²) in [5.41, 5.74) is 4.09. The van der Waals surface area contributed by atoms with E-state index in [0.717, 1.165) is 25.3 Å². The van der Waals surface area contributed by atoms with Crippen LogP contribution in [0.4, 0.5) is 5.69 Å². The Hall–Kier alpha value is -1.96. The second kappa shape index (κ2) is 5.58. The van der Waals surface area contributed by atoms with Crippen molar-refractivity contribution in [1.29, 1.82) is 0 Å². The molecule has 0 saturated heterocycles. The third kappa shape index (κ3) is 2.64. The molecule has 0 amide bonds. The zero-order valence-electron chi connectivity index (χ0n) is 12.2. The molecular formula is C18H21NO. The summed E-state index contributed by atoms with van der Waals surface area (Å²) in [6.45, 7) is 6.03. The van der Waals surface area contributed by atoms with Gasteiger partial charge in [-0.2, -0.15) is 0 Å². The van der Waals surface area contributed by atoms with Crippen molar-refractivity contribution in [3.8, 4) is 5.75 Å². The summed E-state index contributed by atoms with van der Waals surface area (Å²) in [5, 5.41) is 0. The fourth-order valence-electron chi connectivity index (χ4n) is 2.87. The van der Waals surface area contributed by atoms with Crippen LogP contribution in [-0.4, -0.2) is 19.2 Å². The Balaban J connectivity index is 1.60. The number of para-hydroxylation sites is 1. The molecule has 1 heterocycles. The maximum atomic E-state index is 5.84. The van der Waals surface area contributed by atoms with Gasteiger partial charge in [-0.05, 0) is 44.0 Å². The summed E-state index contributed by atoms with van der Waals surface area (Å²) < 4.78 is 5.84. The van der Waals surface area contributed by atoms with Gasteiger partial charge in [-0.15, -0.1) is 0 Å². The predicted octanol–water partition coefficient (Wildman–Crippen LogP) is 3.83. The maximum absolute atomic E-state index is 5.84. The number of hydrogen-bond acceptors (Lipinski definition) is 2. The zero-order valence-corrected chi connectivity index (χ0v) is 12.2. The van der Waals surface area contributed by atoms with E-state index < -0.39 is 0 Å². The Morgan fingerprint density at radius 1 is 1.10 bits per heavy atom. The number of aryl methyl sites for hydroxylation is 1. The van der Waals surface area contributed by atoms with Crippen molar-refractivity contribution in [2.24, 2.45) is 0 Å². The van der Waals surface area contributed by atoms with Crippen LogP contribution < -0.4 is 9.64 Å². The number of ether oxygens (including phenoxy) is 1. The predicted molar refractivity (Wildman–Crippen MR) is 83.6 cm³/mol. The first-order chi connectivity index (χ1) is 9.74. The number of rotatable bonds is 4. The molecule has 0 N–H and O–H groups in total. The zero-order chi connectivity index (χ0) is 13.9. The molecule has 1 unspecified atom stereocenters. The van der Waals surface area contributed by atoms with Gasteiger partial charge in [0.1, 0.15) is 12.4 Å². The molecule has 0 saturated carbocycles. The Kier molecular flexibility index (Phi) is 3.64. The van der Waals surface area contributed by atoms with Gasteiger partial charge in [0, 0.05) is 11.7 Å². The highest BCUT2D eigenvalue weighted by molar-refractivity contribution is 5.59. The van der Waals surface area contributed by atoms with Crippen molar-refractivity contribution < 1.29 is 4.74 Å². The Morgan fingerprint density at radius 3 is 2.65 bits per heavy atom. The van der Waals surface area contributed by atoms with Crippen LogP contribution in [0.25, 0.3) is 0 Å². The van der Waals surface area contributed by atoms with Crippen LogP contribution in [0.2, 0.25) is 0 Å². The standard InChI is InChI=1S/C18H21NO/c1-14-7-9-17(10-8-14)20-12-11-19-15(2)13-16-5-3-4-6-18(16)19/h3-10,15H,11-13H2,1-2H3. The average molecular weight is 267 g/mol. The van der Waals surface area contributed by atoms with Gasteiger partial charge in [-0.3, -0.25) is 0 Å². The molecule has 0 fully saturated rings. The van der Waals surface area contributed by atoms with Crippen molar-refractivity contribution in [3.63, 3.8) is 0 Å². The lowest BCUT2D eigenvalue weighted by Crippen LogP contribution is -2.33. The minimum atomic E-state index is 0.564. The van der Waals surface area contributed by atoms with E-state index in [1.54, 1.807) is 0 Å². The number of hydrogen-bond donors (Lipinski definition) is 0. The van der Waals surface area contributed by atoms with E-state index in [1.807, 2.05) is 12.1 Å². The Bertz CT molecular complexity index is 576. The van der Waals surface area contributed by atoms with E-state index in [0.29, 0.717) is 6.04 Å².